The molecule has 116 valence electrons. The van der Waals surface area contributed by atoms with E-state index < -0.39 is 0 Å². The largest absolute Gasteiger partial charge is 0.360 e. The quantitative estimate of drug-likeness (QED) is 0.648. The zero-order chi connectivity index (χ0) is 16.1. The van der Waals surface area contributed by atoms with E-state index in [2.05, 4.69) is 15.8 Å². The number of H-pyrrole nitrogens is 1. The fourth-order valence-electron chi connectivity index (χ4n) is 2.42. The number of fused-ring (bicyclic) bond motifs is 1. The summed E-state index contributed by atoms with van der Waals surface area (Å²) in [6, 6.07) is 17.3. The second-order valence-corrected chi connectivity index (χ2v) is 5.24. The molecule has 0 aliphatic heterocycles. The van der Waals surface area contributed by atoms with E-state index in [4.69, 9.17) is 0 Å². The molecule has 3 rings (SSSR count). The molecule has 0 bridgehead atoms. The molecule has 0 unspecified atom stereocenters. The van der Waals surface area contributed by atoms with Gasteiger partial charge in [0, 0.05) is 23.5 Å². The number of rotatable bonds is 4. The molecule has 0 aliphatic carbocycles. The average molecular weight is 307 g/mol. The van der Waals surface area contributed by atoms with Crippen molar-refractivity contribution in [3.8, 4) is 0 Å². The van der Waals surface area contributed by atoms with Crippen LogP contribution in [0.2, 0.25) is 0 Å². The van der Waals surface area contributed by atoms with Crippen LogP contribution in [0.25, 0.3) is 10.9 Å². The van der Waals surface area contributed by atoms with Crippen molar-refractivity contribution in [3.63, 3.8) is 0 Å². The first-order chi connectivity index (χ1) is 11.2. The lowest BCUT2D eigenvalue weighted by Gasteiger charge is -2.07. The van der Waals surface area contributed by atoms with E-state index in [1.165, 1.54) is 0 Å². The van der Waals surface area contributed by atoms with Crippen LogP contribution >= 0.6 is 0 Å². The number of para-hydroxylation sites is 1. The van der Waals surface area contributed by atoms with Crippen LogP contribution in [0.3, 0.4) is 0 Å². The summed E-state index contributed by atoms with van der Waals surface area (Å²) in [7, 11) is 0. The molecule has 0 aliphatic rings. The Morgan fingerprint density at radius 3 is 2.48 bits per heavy atom. The maximum Gasteiger partial charge on any atom is 0.271 e. The average Bonchev–Trinajstić information content (AvgIpc) is 3.03. The van der Waals surface area contributed by atoms with E-state index in [9.17, 15) is 9.59 Å². The number of carbonyl (C=O) groups excluding carboxylic acids is 2. The summed E-state index contributed by atoms with van der Waals surface area (Å²) in [4.78, 5) is 27.0. The van der Waals surface area contributed by atoms with Gasteiger partial charge in [0.15, 0.2) is 0 Å². The van der Waals surface area contributed by atoms with Crippen molar-refractivity contribution in [3.05, 3.63) is 71.9 Å². The Balaban J connectivity index is 1.53. The summed E-state index contributed by atoms with van der Waals surface area (Å²) >= 11 is 0. The molecule has 2 aromatic carbocycles. The van der Waals surface area contributed by atoms with Crippen LogP contribution in [0.4, 0.5) is 0 Å². The van der Waals surface area contributed by atoms with E-state index in [1.54, 1.807) is 6.20 Å². The summed E-state index contributed by atoms with van der Waals surface area (Å²) in [5, 5.41) is 0.823. The number of benzene rings is 2. The van der Waals surface area contributed by atoms with Crippen molar-refractivity contribution in [2.45, 2.75) is 12.8 Å². The molecule has 0 atom stereocenters. The Morgan fingerprint density at radius 1 is 0.913 bits per heavy atom. The zero-order valence-electron chi connectivity index (χ0n) is 12.5. The highest BCUT2D eigenvalue weighted by Gasteiger charge is 2.12. The predicted octanol–water partition coefficient (Wildman–Crippen LogP) is 2.56. The van der Waals surface area contributed by atoms with Gasteiger partial charge in [0.05, 0.1) is 5.56 Å². The number of hydrazine groups is 1. The van der Waals surface area contributed by atoms with Gasteiger partial charge in [-0.1, -0.05) is 48.5 Å². The van der Waals surface area contributed by atoms with Gasteiger partial charge in [-0.25, -0.2) is 0 Å². The molecule has 0 fully saturated rings. The summed E-state index contributed by atoms with van der Waals surface area (Å²) in [5.41, 5.74) is 7.38. The normalized spacial score (nSPS) is 10.4. The van der Waals surface area contributed by atoms with Gasteiger partial charge in [-0.05, 0) is 18.1 Å². The number of carbonyl (C=O) groups is 2. The molecular weight excluding hydrogens is 290 g/mol. The van der Waals surface area contributed by atoms with Gasteiger partial charge < -0.3 is 4.98 Å². The fraction of sp³-hybridized carbons (Fsp3) is 0.111. The van der Waals surface area contributed by atoms with Crippen molar-refractivity contribution < 1.29 is 9.59 Å². The highest BCUT2D eigenvalue weighted by atomic mass is 16.2. The van der Waals surface area contributed by atoms with Crippen LogP contribution < -0.4 is 10.9 Å². The zero-order valence-corrected chi connectivity index (χ0v) is 12.5. The molecule has 1 heterocycles. The topological polar surface area (TPSA) is 74.0 Å². The molecule has 1 aromatic heterocycles. The lowest BCUT2D eigenvalue weighted by atomic mass is 10.1. The molecular formula is C18H17N3O2. The van der Waals surface area contributed by atoms with Crippen molar-refractivity contribution in [1.29, 1.82) is 0 Å². The van der Waals surface area contributed by atoms with Gasteiger partial charge >= 0.3 is 0 Å². The highest BCUT2D eigenvalue weighted by molar-refractivity contribution is 6.07. The Bertz CT molecular complexity index is 824. The first-order valence-corrected chi connectivity index (χ1v) is 7.43. The molecule has 0 saturated heterocycles. The molecule has 2 amide bonds. The number of hydrogen-bond donors (Lipinski definition) is 3. The molecule has 3 N–H and O–H groups in total. The Hall–Kier alpha value is -3.08. The number of aryl methyl sites for hydroxylation is 1. The third-order valence-electron chi connectivity index (χ3n) is 3.63. The molecule has 0 saturated carbocycles. The van der Waals surface area contributed by atoms with Gasteiger partial charge in [-0.2, -0.15) is 0 Å². The van der Waals surface area contributed by atoms with Crippen molar-refractivity contribution in [1.82, 2.24) is 15.8 Å². The Kier molecular flexibility index (Phi) is 4.38. The molecule has 23 heavy (non-hydrogen) atoms. The minimum Gasteiger partial charge on any atom is -0.360 e. The Morgan fingerprint density at radius 2 is 1.65 bits per heavy atom. The third kappa shape index (κ3) is 3.58. The number of aromatic amines is 1. The molecule has 5 nitrogen and oxygen atoms in total. The van der Waals surface area contributed by atoms with Crippen molar-refractivity contribution >= 4 is 22.7 Å². The van der Waals surface area contributed by atoms with E-state index >= 15 is 0 Å². The minimum atomic E-state index is -0.337. The van der Waals surface area contributed by atoms with Gasteiger partial charge in [-0.15, -0.1) is 0 Å². The summed E-state index contributed by atoms with van der Waals surface area (Å²) in [6.45, 7) is 0. The van der Waals surface area contributed by atoms with Crippen LogP contribution in [0.1, 0.15) is 22.3 Å². The van der Waals surface area contributed by atoms with Crippen LogP contribution in [0, 0.1) is 0 Å². The van der Waals surface area contributed by atoms with Gasteiger partial charge in [0.2, 0.25) is 5.91 Å². The molecule has 0 radical (unpaired) electrons. The van der Waals surface area contributed by atoms with Crippen LogP contribution in [0.15, 0.2) is 60.8 Å². The van der Waals surface area contributed by atoms with Crippen LogP contribution in [0.5, 0.6) is 0 Å². The maximum atomic E-state index is 12.2. The fourth-order valence-corrected chi connectivity index (χ4v) is 2.42. The van der Waals surface area contributed by atoms with Crippen molar-refractivity contribution in [2.75, 3.05) is 0 Å². The second kappa shape index (κ2) is 6.79. The number of nitrogens with one attached hydrogen (secondary N) is 3. The van der Waals surface area contributed by atoms with Gasteiger partial charge in [-0.3, -0.25) is 20.4 Å². The lowest BCUT2D eigenvalue weighted by Crippen LogP contribution is -2.41. The first-order valence-electron chi connectivity index (χ1n) is 7.43. The lowest BCUT2D eigenvalue weighted by molar-refractivity contribution is -0.121. The summed E-state index contributed by atoms with van der Waals surface area (Å²) in [5.74, 6) is -0.558. The number of aromatic nitrogens is 1. The summed E-state index contributed by atoms with van der Waals surface area (Å²) < 4.78 is 0. The summed E-state index contributed by atoms with van der Waals surface area (Å²) in [6.07, 6.45) is 2.59. The van der Waals surface area contributed by atoms with E-state index in [-0.39, 0.29) is 11.8 Å². The van der Waals surface area contributed by atoms with E-state index in [0.29, 0.717) is 18.4 Å². The van der Waals surface area contributed by atoms with Crippen LogP contribution in [-0.2, 0) is 11.2 Å². The minimum absolute atomic E-state index is 0.220. The molecule has 0 spiro atoms. The first kappa shape index (κ1) is 14.8. The smallest absolute Gasteiger partial charge is 0.271 e. The van der Waals surface area contributed by atoms with E-state index in [0.717, 1.165) is 16.5 Å². The number of amides is 2. The second-order valence-electron chi connectivity index (χ2n) is 5.24. The molecule has 3 aromatic rings. The van der Waals surface area contributed by atoms with E-state index in [1.807, 2.05) is 54.6 Å². The Labute approximate surface area is 133 Å². The number of hydrogen-bond acceptors (Lipinski definition) is 2. The van der Waals surface area contributed by atoms with Crippen LogP contribution in [-0.4, -0.2) is 16.8 Å². The standard InChI is InChI=1S/C18H17N3O2/c22-17(11-10-13-6-2-1-3-7-13)20-21-18(23)15-12-19-16-9-5-4-8-14(15)16/h1-9,12,19H,10-11H2,(H,20,22)(H,21,23). The van der Waals surface area contributed by atoms with Gasteiger partial charge in [0.25, 0.3) is 5.91 Å². The third-order valence-corrected chi connectivity index (χ3v) is 3.63. The SMILES string of the molecule is O=C(CCc1ccccc1)NNC(=O)c1c[nH]c2ccccc12. The van der Waals surface area contributed by atoms with Crippen molar-refractivity contribution in [2.24, 2.45) is 0 Å². The highest BCUT2D eigenvalue weighted by Crippen LogP contribution is 2.17. The monoisotopic (exact) mass is 307 g/mol. The van der Waals surface area contributed by atoms with Gasteiger partial charge in [0.1, 0.15) is 0 Å². The molecule has 5 heteroatoms. The maximum absolute atomic E-state index is 12.2. The predicted molar refractivity (Wildman–Crippen MR) is 88.7 cm³/mol.